The number of amides is 2. The number of nitrogens with zero attached hydrogens (tertiary/aromatic N) is 1. The summed E-state index contributed by atoms with van der Waals surface area (Å²) in [5, 5.41) is 2.89. The van der Waals surface area contributed by atoms with E-state index in [4.69, 9.17) is 4.74 Å². The molecule has 1 aliphatic rings. The van der Waals surface area contributed by atoms with Crippen LogP contribution in [0.1, 0.15) is 23.5 Å². The fraction of sp³-hybridized carbons (Fsp3) is 0.300. The Morgan fingerprint density at radius 1 is 1.12 bits per heavy atom. The summed E-state index contributed by atoms with van der Waals surface area (Å²) >= 11 is 0. The Balaban J connectivity index is 1.64. The molecule has 2 amide bonds. The second-order valence-electron chi connectivity index (χ2n) is 6.27. The summed E-state index contributed by atoms with van der Waals surface area (Å²) in [5.74, 6) is -0.0560. The van der Waals surface area contributed by atoms with Crippen molar-refractivity contribution in [1.29, 1.82) is 0 Å². The molecule has 1 saturated heterocycles. The van der Waals surface area contributed by atoms with Crippen LogP contribution in [0, 0.1) is 0 Å². The number of carbonyl (C=O) groups is 2. The van der Waals surface area contributed by atoms with Gasteiger partial charge in [-0.3, -0.25) is 4.79 Å². The Labute approximate surface area is 147 Å². The third-order valence-electron chi connectivity index (χ3n) is 4.38. The maximum Gasteiger partial charge on any atom is 0.410 e. The molecule has 0 radical (unpaired) electrons. The second kappa shape index (κ2) is 7.83. The van der Waals surface area contributed by atoms with Gasteiger partial charge in [0.2, 0.25) is 5.91 Å². The number of rotatable bonds is 6. The van der Waals surface area contributed by atoms with Crippen LogP contribution in [0.15, 0.2) is 60.7 Å². The van der Waals surface area contributed by atoms with Crippen LogP contribution in [0.4, 0.5) is 4.79 Å². The first-order valence-corrected chi connectivity index (χ1v) is 8.42. The first-order valence-electron chi connectivity index (χ1n) is 8.42. The fourth-order valence-corrected chi connectivity index (χ4v) is 3.04. The summed E-state index contributed by atoms with van der Waals surface area (Å²) in [6.45, 7) is 0.838. The van der Waals surface area contributed by atoms with Crippen LogP contribution in [0.2, 0.25) is 0 Å². The molecular formula is C20H22N2O3. The Morgan fingerprint density at radius 2 is 1.68 bits per heavy atom. The van der Waals surface area contributed by atoms with Gasteiger partial charge < -0.3 is 15.0 Å². The van der Waals surface area contributed by atoms with E-state index >= 15 is 0 Å². The lowest BCUT2D eigenvalue weighted by Crippen LogP contribution is -2.34. The SMILES string of the molecule is CN1CC(CNC(=O)CC(c2ccccc2)c2ccccc2)OC1=O. The van der Waals surface area contributed by atoms with Gasteiger partial charge in [0.15, 0.2) is 0 Å². The number of ether oxygens (including phenoxy) is 1. The molecule has 2 aromatic carbocycles. The van der Waals surface area contributed by atoms with E-state index in [1.807, 2.05) is 60.7 Å². The fourth-order valence-electron chi connectivity index (χ4n) is 3.04. The lowest BCUT2D eigenvalue weighted by molar-refractivity contribution is -0.121. The first kappa shape index (κ1) is 17.0. The molecule has 130 valence electrons. The van der Waals surface area contributed by atoms with Crippen LogP contribution in [-0.2, 0) is 9.53 Å². The summed E-state index contributed by atoms with van der Waals surface area (Å²) in [5.41, 5.74) is 2.21. The van der Waals surface area contributed by atoms with E-state index in [2.05, 4.69) is 5.32 Å². The molecule has 3 rings (SSSR count). The Bertz CT molecular complexity index is 679. The molecule has 1 fully saturated rings. The number of carbonyl (C=O) groups excluding carboxylic acids is 2. The lowest BCUT2D eigenvalue weighted by atomic mass is 9.88. The number of hydrogen-bond donors (Lipinski definition) is 1. The highest BCUT2D eigenvalue weighted by Gasteiger charge is 2.28. The van der Waals surface area contributed by atoms with Crippen molar-refractivity contribution in [2.24, 2.45) is 0 Å². The van der Waals surface area contributed by atoms with E-state index in [-0.39, 0.29) is 24.0 Å². The summed E-state index contributed by atoms with van der Waals surface area (Å²) in [6.07, 6.45) is -0.274. The molecule has 1 heterocycles. The van der Waals surface area contributed by atoms with Crippen LogP contribution in [0.3, 0.4) is 0 Å². The summed E-state index contributed by atoms with van der Waals surface area (Å²) < 4.78 is 5.17. The highest BCUT2D eigenvalue weighted by molar-refractivity contribution is 5.77. The molecule has 0 saturated carbocycles. The number of nitrogens with one attached hydrogen (secondary N) is 1. The smallest absolute Gasteiger partial charge is 0.410 e. The van der Waals surface area contributed by atoms with E-state index < -0.39 is 0 Å². The molecule has 0 spiro atoms. The van der Waals surface area contributed by atoms with Gasteiger partial charge in [0.1, 0.15) is 6.10 Å². The highest BCUT2D eigenvalue weighted by Crippen LogP contribution is 2.27. The molecule has 1 N–H and O–H groups in total. The van der Waals surface area contributed by atoms with Crippen molar-refractivity contribution in [3.63, 3.8) is 0 Å². The van der Waals surface area contributed by atoms with Gasteiger partial charge in [-0.2, -0.15) is 0 Å². The molecule has 2 aromatic rings. The molecule has 0 aromatic heterocycles. The summed E-state index contributed by atoms with van der Waals surface area (Å²) in [4.78, 5) is 25.3. The third-order valence-corrected chi connectivity index (χ3v) is 4.38. The predicted molar refractivity (Wildman–Crippen MR) is 95.3 cm³/mol. The molecular weight excluding hydrogens is 316 g/mol. The first-order chi connectivity index (χ1) is 12.1. The lowest BCUT2D eigenvalue weighted by Gasteiger charge is -2.18. The minimum atomic E-state index is -0.342. The van der Waals surface area contributed by atoms with E-state index in [1.54, 1.807) is 7.05 Å². The number of likely N-dealkylation sites (N-methyl/N-ethyl adjacent to an activating group) is 1. The zero-order valence-electron chi connectivity index (χ0n) is 14.2. The summed E-state index contributed by atoms with van der Waals surface area (Å²) in [7, 11) is 1.69. The van der Waals surface area contributed by atoms with Crippen LogP contribution < -0.4 is 5.32 Å². The molecule has 1 atom stereocenters. The van der Waals surface area contributed by atoms with Gasteiger partial charge in [0.05, 0.1) is 13.1 Å². The quantitative estimate of drug-likeness (QED) is 0.881. The van der Waals surface area contributed by atoms with Crippen molar-refractivity contribution in [3.05, 3.63) is 71.8 Å². The van der Waals surface area contributed by atoms with E-state index in [0.29, 0.717) is 19.5 Å². The van der Waals surface area contributed by atoms with Crippen molar-refractivity contribution in [2.75, 3.05) is 20.1 Å². The number of benzene rings is 2. The van der Waals surface area contributed by atoms with Crippen LogP contribution in [0.25, 0.3) is 0 Å². The highest BCUT2D eigenvalue weighted by atomic mass is 16.6. The van der Waals surface area contributed by atoms with Gasteiger partial charge in [-0.25, -0.2) is 4.79 Å². The molecule has 1 aliphatic heterocycles. The second-order valence-corrected chi connectivity index (χ2v) is 6.27. The predicted octanol–water partition coefficient (Wildman–Crippen LogP) is 2.78. The van der Waals surface area contributed by atoms with Gasteiger partial charge in [-0.05, 0) is 11.1 Å². The maximum atomic E-state index is 12.5. The van der Waals surface area contributed by atoms with E-state index in [0.717, 1.165) is 11.1 Å². The van der Waals surface area contributed by atoms with Crippen molar-refractivity contribution < 1.29 is 14.3 Å². The minimum Gasteiger partial charge on any atom is -0.442 e. The van der Waals surface area contributed by atoms with Crippen molar-refractivity contribution in [1.82, 2.24) is 10.2 Å². The zero-order chi connectivity index (χ0) is 17.6. The number of cyclic esters (lactones) is 1. The Kier molecular flexibility index (Phi) is 5.33. The normalized spacial score (nSPS) is 16.8. The Hall–Kier alpha value is -2.82. The molecule has 25 heavy (non-hydrogen) atoms. The zero-order valence-corrected chi connectivity index (χ0v) is 14.2. The number of hydrogen-bond acceptors (Lipinski definition) is 3. The monoisotopic (exact) mass is 338 g/mol. The molecule has 1 unspecified atom stereocenters. The van der Waals surface area contributed by atoms with E-state index in [9.17, 15) is 9.59 Å². The average Bonchev–Trinajstić information content (AvgIpc) is 2.97. The largest absolute Gasteiger partial charge is 0.442 e. The van der Waals surface area contributed by atoms with E-state index in [1.165, 1.54) is 4.90 Å². The van der Waals surface area contributed by atoms with Gasteiger partial charge in [0, 0.05) is 19.4 Å². The topological polar surface area (TPSA) is 58.6 Å². The maximum absolute atomic E-state index is 12.5. The van der Waals surface area contributed by atoms with Crippen molar-refractivity contribution in [2.45, 2.75) is 18.4 Å². The standard InChI is InChI=1S/C20H22N2O3/c1-22-14-17(25-20(22)24)13-21-19(23)12-18(15-8-4-2-5-9-15)16-10-6-3-7-11-16/h2-11,17-18H,12-14H2,1H3,(H,21,23). The van der Waals surface area contributed by atoms with Gasteiger partial charge >= 0.3 is 6.09 Å². The molecule has 5 nitrogen and oxygen atoms in total. The van der Waals surface area contributed by atoms with Crippen LogP contribution in [0.5, 0.6) is 0 Å². The molecule has 5 heteroatoms. The molecule has 0 bridgehead atoms. The Morgan fingerprint density at radius 3 is 2.16 bits per heavy atom. The van der Waals surface area contributed by atoms with Crippen molar-refractivity contribution >= 4 is 12.0 Å². The van der Waals surface area contributed by atoms with Gasteiger partial charge in [0.25, 0.3) is 0 Å². The summed E-state index contributed by atoms with van der Waals surface area (Å²) in [6, 6.07) is 20.0. The molecule has 0 aliphatic carbocycles. The van der Waals surface area contributed by atoms with Crippen LogP contribution >= 0.6 is 0 Å². The van der Waals surface area contributed by atoms with Gasteiger partial charge in [-0.1, -0.05) is 60.7 Å². The van der Waals surface area contributed by atoms with Crippen LogP contribution in [-0.4, -0.2) is 43.1 Å². The van der Waals surface area contributed by atoms with Crippen molar-refractivity contribution in [3.8, 4) is 0 Å². The third kappa shape index (κ3) is 4.38. The minimum absolute atomic E-state index is 0.00352. The average molecular weight is 338 g/mol. The van der Waals surface area contributed by atoms with Gasteiger partial charge in [-0.15, -0.1) is 0 Å².